The third kappa shape index (κ3) is 3.78. The van der Waals surface area contributed by atoms with Gasteiger partial charge in [-0.25, -0.2) is 4.98 Å². The van der Waals surface area contributed by atoms with E-state index in [4.69, 9.17) is 11.6 Å². The summed E-state index contributed by atoms with van der Waals surface area (Å²) in [6.45, 7) is 4.46. The predicted octanol–water partition coefficient (Wildman–Crippen LogP) is 3.39. The molecule has 0 radical (unpaired) electrons. The quantitative estimate of drug-likeness (QED) is 0.939. The molecule has 0 saturated heterocycles. The highest BCUT2D eigenvalue weighted by molar-refractivity contribution is 7.13. The van der Waals surface area contributed by atoms with Gasteiger partial charge in [0.05, 0.1) is 5.69 Å². The third-order valence-electron chi connectivity index (χ3n) is 2.81. The lowest BCUT2D eigenvalue weighted by atomic mass is 10.1. The molecule has 0 aliphatic rings. The first kappa shape index (κ1) is 14.0. The van der Waals surface area contributed by atoms with Gasteiger partial charge in [0.15, 0.2) is 5.01 Å². The number of benzene rings is 1. The van der Waals surface area contributed by atoms with Crippen LogP contribution in [0, 0.1) is 13.8 Å². The van der Waals surface area contributed by atoms with E-state index in [0.29, 0.717) is 11.6 Å². The Hall–Kier alpha value is -1.39. The highest BCUT2D eigenvalue weighted by Gasteiger charge is 2.11. The fourth-order valence-corrected chi connectivity index (χ4v) is 2.70. The largest absolute Gasteiger partial charge is 0.350 e. The van der Waals surface area contributed by atoms with Crippen molar-refractivity contribution in [3.63, 3.8) is 0 Å². The van der Waals surface area contributed by atoms with Crippen molar-refractivity contribution in [2.75, 3.05) is 6.54 Å². The summed E-state index contributed by atoms with van der Waals surface area (Å²) in [7, 11) is 0. The summed E-state index contributed by atoms with van der Waals surface area (Å²) in [5.74, 6) is -0.108. The Balaban J connectivity index is 1.87. The second-order valence-corrected chi connectivity index (χ2v) is 5.94. The average Bonchev–Trinajstić information content (AvgIpc) is 2.70. The Morgan fingerprint density at radius 2 is 2.21 bits per heavy atom. The second kappa shape index (κ2) is 6.17. The topological polar surface area (TPSA) is 42.0 Å². The molecule has 0 spiro atoms. The number of halogens is 1. The van der Waals surface area contributed by atoms with Crippen LogP contribution in [0.1, 0.15) is 25.9 Å². The predicted molar refractivity (Wildman–Crippen MR) is 79.1 cm³/mol. The van der Waals surface area contributed by atoms with Gasteiger partial charge in [0, 0.05) is 16.4 Å². The minimum Gasteiger partial charge on any atom is -0.350 e. The van der Waals surface area contributed by atoms with Crippen LogP contribution >= 0.6 is 22.9 Å². The Labute approximate surface area is 121 Å². The van der Waals surface area contributed by atoms with Gasteiger partial charge >= 0.3 is 0 Å². The maximum Gasteiger partial charge on any atom is 0.280 e. The number of amides is 1. The summed E-state index contributed by atoms with van der Waals surface area (Å²) < 4.78 is 0. The summed E-state index contributed by atoms with van der Waals surface area (Å²) in [6.07, 6.45) is 0.760. The first-order valence-electron chi connectivity index (χ1n) is 6.03. The van der Waals surface area contributed by atoms with Crippen LogP contribution in [0.25, 0.3) is 0 Å². The van der Waals surface area contributed by atoms with Gasteiger partial charge in [-0.1, -0.05) is 23.7 Å². The number of carbonyl (C=O) groups is 1. The maximum absolute atomic E-state index is 11.9. The van der Waals surface area contributed by atoms with Gasteiger partial charge in [0.25, 0.3) is 5.91 Å². The molecule has 1 aromatic carbocycles. The van der Waals surface area contributed by atoms with E-state index in [1.807, 2.05) is 38.1 Å². The Morgan fingerprint density at radius 3 is 2.84 bits per heavy atom. The summed E-state index contributed by atoms with van der Waals surface area (Å²) in [5.41, 5.74) is 2.03. The molecule has 19 heavy (non-hydrogen) atoms. The number of nitrogens with one attached hydrogen (secondary N) is 1. The van der Waals surface area contributed by atoms with E-state index < -0.39 is 0 Å². The van der Waals surface area contributed by atoms with E-state index in [0.717, 1.165) is 27.6 Å². The van der Waals surface area contributed by atoms with Crippen LogP contribution in [-0.2, 0) is 6.42 Å². The van der Waals surface area contributed by atoms with Crippen molar-refractivity contribution >= 4 is 28.8 Å². The van der Waals surface area contributed by atoms with Crippen LogP contribution in [0.15, 0.2) is 24.3 Å². The molecular weight excluding hydrogens is 280 g/mol. The van der Waals surface area contributed by atoms with Crippen LogP contribution in [0.5, 0.6) is 0 Å². The van der Waals surface area contributed by atoms with E-state index >= 15 is 0 Å². The molecular formula is C14H15ClN2OS. The number of hydrogen-bond acceptors (Lipinski definition) is 3. The number of aromatic nitrogens is 1. The van der Waals surface area contributed by atoms with Crippen LogP contribution in [-0.4, -0.2) is 17.4 Å². The van der Waals surface area contributed by atoms with E-state index in [1.165, 1.54) is 11.3 Å². The van der Waals surface area contributed by atoms with E-state index in [2.05, 4.69) is 10.3 Å². The average molecular weight is 295 g/mol. The highest BCUT2D eigenvalue weighted by atomic mass is 35.5. The maximum atomic E-state index is 11.9. The number of nitrogens with zero attached hydrogens (tertiary/aromatic N) is 1. The highest BCUT2D eigenvalue weighted by Crippen LogP contribution is 2.16. The van der Waals surface area contributed by atoms with Crippen molar-refractivity contribution in [1.29, 1.82) is 0 Å². The zero-order chi connectivity index (χ0) is 13.8. The molecule has 0 unspecified atom stereocenters. The lowest BCUT2D eigenvalue weighted by Gasteiger charge is -2.03. The van der Waals surface area contributed by atoms with Gasteiger partial charge in [-0.15, -0.1) is 11.3 Å². The monoisotopic (exact) mass is 294 g/mol. The smallest absolute Gasteiger partial charge is 0.280 e. The molecule has 2 rings (SSSR count). The normalized spacial score (nSPS) is 10.5. The summed E-state index contributed by atoms with van der Waals surface area (Å²) in [5, 5.41) is 4.12. The standard InChI is InChI=1S/C14H15ClN2OS/c1-9-10(2)19-14(17-9)13(18)16-7-6-11-4-3-5-12(15)8-11/h3-5,8H,6-7H2,1-2H3,(H,16,18). The van der Waals surface area contributed by atoms with Crippen molar-refractivity contribution in [2.45, 2.75) is 20.3 Å². The van der Waals surface area contributed by atoms with Gasteiger partial charge in [-0.05, 0) is 38.0 Å². The number of rotatable bonds is 4. The Bertz CT molecular complexity index is 575. The summed E-state index contributed by atoms with van der Waals surface area (Å²) in [4.78, 5) is 17.2. The van der Waals surface area contributed by atoms with Crippen molar-refractivity contribution in [3.8, 4) is 0 Å². The number of thiazole rings is 1. The first-order valence-corrected chi connectivity index (χ1v) is 7.22. The van der Waals surface area contributed by atoms with Crippen LogP contribution in [0.4, 0.5) is 0 Å². The molecule has 1 aromatic heterocycles. The molecule has 1 heterocycles. The van der Waals surface area contributed by atoms with Gasteiger partial charge < -0.3 is 5.32 Å². The lowest BCUT2D eigenvalue weighted by Crippen LogP contribution is -2.25. The molecule has 0 aliphatic heterocycles. The van der Waals surface area contributed by atoms with Gasteiger partial charge in [0.2, 0.25) is 0 Å². The van der Waals surface area contributed by atoms with E-state index in [1.54, 1.807) is 0 Å². The second-order valence-electron chi connectivity index (χ2n) is 4.30. The SMILES string of the molecule is Cc1nc(C(=O)NCCc2cccc(Cl)c2)sc1C. The van der Waals surface area contributed by atoms with Crippen LogP contribution in [0.3, 0.4) is 0 Å². The van der Waals surface area contributed by atoms with Gasteiger partial charge in [-0.3, -0.25) is 4.79 Å². The fraction of sp³-hybridized carbons (Fsp3) is 0.286. The van der Waals surface area contributed by atoms with Crippen molar-refractivity contribution < 1.29 is 4.79 Å². The van der Waals surface area contributed by atoms with Crippen molar-refractivity contribution in [3.05, 3.63) is 50.4 Å². The minimum absolute atomic E-state index is 0.108. The summed E-state index contributed by atoms with van der Waals surface area (Å²) >= 11 is 7.33. The molecule has 3 nitrogen and oxygen atoms in total. The fourth-order valence-electron chi connectivity index (χ4n) is 1.66. The molecule has 0 aliphatic carbocycles. The molecule has 5 heteroatoms. The molecule has 0 atom stereocenters. The minimum atomic E-state index is -0.108. The van der Waals surface area contributed by atoms with Gasteiger partial charge in [-0.2, -0.15) is 0 Å². The van der Waals surface area contributed by atoms with Gasteiger partial charge in [0.1, 0.15) is 0 Å². The zero-order valence-electron chi connectivity index (χ0n) is 10.9. The molecule has 0 saturated carbocycles. The first-order chi connectivity index (χ1) is 9.06. The van der Waals surface area contributed by atoms with Crippen LogP contribution < -0.4 is 5.32 Å². The molecule has 0 fully saturated rings. The molecule has 0 bridgehead atoms. The summed E-state index contributed by atoms with van der Waals surface area (Å²) in [6, 6.07) is 7.65. The van der Waals surface area contributed by atoms with Crippen molar-refractivity contribution in [2.24, 2.45) is 0 Å². The number of aryl methyl sites for hydroxylation is 2. The zero-order valence-corrected chi connectivity index (χ0v) is 12.4. The number of carbonyl (C=O) groups excluding carboxylic acids is 1. The Kier molecular flexibility index (Phi) is 4.56. The van der Waals surface area contributed by atoms with E-state index in [9.17, 15) is 4.79 Å². The van der Waals surface area contributed by atoms with Crippen molar-refractivity contribution in [1.82, 2.24) is 10.3 Å². The molecule has 1 amide bonds. The lowest BCUT2D eigenvalue weighted by molar-refractivity contribution is 0.0953. The Morgan fingerprint density at radius 1 is 1.42 bits per heavy atom. The molecule has 100 valence electrons. The van der Waals surface area contributed by atoms with E-state index in [-0.39, 0.29) is 5.91 Å². The number of hydrogen-bond donors (Lipinski definition) is 1. The molecule has 1 N–H and O–H groups in total. The molecule has 2 aromatic rings. The third-order valence-corrected chi connectivity index (χ3v) is 4.12. The van der Waals surface area contributed by atoms with Crippen LogP contribution in [0.2, 0.25) is 5.02 Å².